The fourth-order valence-electron chi connectivity index (χ4n) is 2.12. The highest BCUT2D eigenvalue weighted by atomic mass is 15.1. The predicted octanol–water partition coefficient (Wildman–Crippen LogP) is 2.57. The minimum Gasteiger partial charge on any atom is -0.368 e. The molecule has 3 rings (SSSR count). The second-order valence-electron chi connectivity index (χ2n) is 4.76. The van der Waals surface area contributed by atoms with Gasteiger partial charge in [-0.15, -0.1) is 0 Å². The van der Waals surface area contributed by atoms with Gasteiger partial charge in [0.1, 0.15) is 0 Å². The lowest BCUT2D eigenvalue weighted by Crippen LogP contribution is -2.10. The number of hydrogen-bond acceptors (Lipinski definition) is 5. The molecule has 1 unspecified atom stereocenters. The number of benzene rings is 1. The third kappa shape index (κ3) is 2.42. The summed E-state index contributed by atoms with van der Waals surface area (Å²) in [5, 5.41) is 0. The number of nitrogens with zero attached hydrogens (tertiary/aromatic N) is 4. The van der Waals surface area contributed by atoms with Crippen molar-refractivity contribution in [2.24, 2.45) is 10.9 Å². The van der Waals surface area contributed by atoms with Gasteiger partial charge in [0.2, 0.25) is 5.95 Å². The summed E-state index contributed by atoms with van der Waals surface area (Å²) < 4.78 is 0. The standard InChI is InChI=1S/C15H15N5/c1-10-7-8-17-9-12(10)14-18-13(19-15(16)20-14)11-5-3-2-4-6-11/h2-6,8-10H,7H2,1H3,(H2,16,18,19,20). The summed E-state index contributed by atoms with van der Waals surface area (Å²) in [4.78, 5) is 17.2. The average Bonchev–Trinajstić information content (AvgIpc) is 2.48. The van der Waals surface area contributed by atoms with Crippen molar-refractivity contribution in [2.45, 2.75) is 13.3 Å². The Bertz CT molecular complexity index is 676. The Kier molecular flexibility index (Phi) is 3.25. The van der Waals surface area contributed by atoms with E-state index < -0.39 is 0 Å². The number of hydrogen-bond donors (Lipinski definition) is 1. The van der Waals surface area contributed by atoms with Gasteiger partial charge in [0.15, 0.2) is 11.6 Å². The van der Waals surface area contributed by atoms with Crippen LogP contribution in [0, 0.1) is 5.92 Å². The number of anilines is 1. The van der Waals surface area contributed by atoms with Crippen LogP contribution in [0.2, 0.25) is 0 Å². The summed E-state index contributed by atoms with van der Waals surface area (Å²) in [7, 11) is 0. The molecule has 2 aromatic rings. The topological polar surface area (TPSA) is 77.0 Å². The van der Waals surface area contributed by atoms with Gasteiger partial charge in [0, 0.05) is 23.6 Å². The Morgan fingerprint density at radius 3 is 2.55 bits per heavy atom. The SMILES string of the molecule is CC1CC=NC=C1c1nc(N)nc(-c2ccccc2)n1. The van der Waals surface area contributed by atoms with E-state index in [1.807, 2.05) is 36.5 Å². The maximum absolute atomic E-state index is 5.82. The average molecular weight is 265 g/mol. The van der Waals surface area contributed by atoms with Gasteiger partial charge in [-0.2, -0.15) is 9.97 Å². The van der Waals surface area contributed by atoms with E-state index in [0.717, 1.165) is 17.6 Å². The van der Waals surface area contributed by atoms with E-state index in [1.165, 1.54) is 0 Å². The Hall–Kier alpha value is -2.56. The van der Waals surface area contributed by atoms with E-state index in [1.54, 1.807) is 6.20 Å². The Morgan fingerprint density at radius 2 is 1.80 bits per heavy atom. The van der Waals surface area contributed by atoms with E-state index >= 15 is 0 Å². The summed E-state index contributed by atoms with van der Waals surface area (Å²) in [6, 6.07) is 9.75. The molecule has 5 heteroatoms. The molecule has 5 nitrogen and oxygen atoms in total. The zero-order valence-corrected chi connectivity index (χ0v) is 11.2. The summed E-state index contributed by atoms with van der Waals surface area (Å²) >= 11 is 0. The fourth-order valence-corrected chi connectivity index (χ4v) is 2.12. The second kappa shape index (κ2) is 5.21. The lowest BCUT2D eigenvalue weighted by atomic mass is 9.97. The van der Waals surface area contributed by atoms with Crippen LogP contribution in [-0.4, -0.2) is 21.2 Å². The number of nitrogen functional groups attached to an aromatic ring is 1. The zero-order chi connectivity index (χ0) is 13.9. The van der Waals surface area contributed by atoms with E-state index in [2.05, 4.69) is 26.9 Å². The molecule has 0 aliphatic carbocycles. The van der Waals surface area contributed by atoms with E-state index in [0.29, 0.717) is 17.6 Å². The summed E-state index contributed by atoms with van der Waals surface area (Å²) in [6.07, 6.45) is 4.59. The lowest BCUT2D eigenvalue weighted by Gasteiger charge is -2.15. The van der Waals surface area contributed by atoms with Gasteiger partial charge < -0.3 is 5.73 Å². The lowest BCUT2D eigenvalue weighted by molar-refractivity contribution is 0.774. The first-order valence-corrected chi connectivity index (χ1v) is 6.53. The molecule has 0 saturated carbocycles. The molecular weight excluding hydrogens is 250 g/mol. The molecule has 2 N–H and O–H groups in total. The Balaban J connectivity index is 2.08. The fraction of sp³-hybridized carbons (Fsp3) is 0.200. The van der Waals surface area contributed by atoms with Crippen molar-refractivity contribution in [3.63, 3.8) is 0 Å². The minimum atomic E-state index is 0.233. The Labute approximate surface area is 117 Å². The monoisotopic (exact) mass is 265 g/mol. The molecule has 1 aromatic carbocycles. The smallest absolute Gasteiger partial charge is 0.224 e. The molecule has 0 fully saturated rings. The molecule has 2 heterocycles. The van der Waals surface area contributed by atoms with Gasteiger partial charge in [0.05, 0.1) is 0 Å². The quantitative estimate of drug-likeness (QED) is 0.905. The van der Waals surface area contributed by atoms with Crippen molar-refractivity contribution in [1.29, 1.82) is 0 Å². The van der Waals surface area contributed by atoms with Gasteiger partial charge in [-0.25, -0.2) is 4.98 Å². The van der Waals surface area contributed by atoms with Crippen LogP contribution in [0.5, 0.6) is 0 Å². The van der Waals surface area contributed by atoms with Gasteiger partial charge in [-0.05, 0) is 12.3 Å². The van der Waals surface area contributed by atoms with Crippen LogP contribution in [0.25, 0.3) is 17.0 Å². The molecular formula is C15H15N5. The Morgan fingerprint density at radius 1 is 1.05 bits per heavy atom. The first kappa shape index (κ1) is 12.5. The zero-order valence-electron chi connectivity index (χ0n) is 11.2. The third-order valence-electron chi connectivity index (χ3n) is 3.25. The number of aromatic nitrogens is 3. The number of aliphatic imine (C=N–C) groups is 1. The third-order valence-corrected chi connectivity index (χ3v) is 3.25. The molecule has 0 saturated heterocycles. The molecule has 1 aromatic heterocycles. The van der Waals surface area contributed by atoms with Crippen molar-refractivity contribution >= 4 is 17.7 Å². The van der Waals surface area contributed by atoms with Crippen LogP contribution in [0.15, 0.2) is 41.5 Å². The molecule has 0 spiro atoms. The van der Waals surface area contributed by atoms with Gasteiger partial charge in [0.25, 0.3) is 0 Å². The highest BCUT2D eigenvalue weighted by Gasteiger charge is 2.17. The molecule has 100 valence electrons. The van der Waals surface area contributed by atoms with E-state index in [9.17, 15) is 0 Å². The van der Waals surface area contributed by atoms with Crippen LogP contribution in [0.4, 0.5) is 5.95 Å². The second-order valence-corrected chi connectivity index (χ2v) is 4.76. The van der Waals surface area contributed by atoms with Crippen molar-refractivity contribution in [3.8, 4) is 11.4 Å². The minimum absolute atomic E-state index is 0.233. The van der Waals surface area contributed by atoms with Crippen LogP contribution in [0.3, 0.4) is 0 Å². The molecule has 0 radical (unpaired) electrons. The summed E-state index contributed by atoms with van der Waals surface area (Å²) in [5.41, 5.74) is 7.75. The van der Waals surface area contributed by atoms with Crippen molar-refractivity contribution < 1.29 is 0 Å². The number of nitrogens with two attached hydrogens (primary N) is 1. The maximum Gasteiger partial charge on any atom is 0.224 e. The predicted molar refractivity (Wildman–Crippen MR) is 79.9 cm³/mol. The molecule has 1 aliphatic rings. The number of allylic oxidation sites excluding steroid dienone is 1. The molecule has 0 amide bonds. The van der Waals surface area contributed by atoms with Crippen LogP contribution < -0.4 is 5.73 Å². The van der Waals surface area contributed by atoms with Crippen molar-refractivity contribution in [3.05, 3.63) is 42.4 Å². The van der Waals surface area contributed by atoms with Crippen molar-refractivity contribution in [1.82, 2.24) is 15.0 Å². The van der Waals surface area contributed by atoms with E-state index in [-0.39, 0.29) is 5.95 Å². The van der Waals surface area contributed by atoms with Gasteiger partial charge in [-0.1, -0.05) is 37.3 Å². The van der Waals surface area contributed by atoms with Gasteiger partial charge in [-0.3, -0.25) is 4.99 Å². The molecule has 0 bridgehead atoms. The summed E-state index contributed by atoms with van der Waals surface area (Å²) in [6.45, 7) is 2.12. The van der Waals surface area contributed by atoms with Crippen LogP contribution in [-0.2, 0) is 0 Å². The highest BCUT2D eigenvalue weighted by Crippen LogP contribution is 2.27. The van der Waals surface area contributed by atoms with Crippen LogP contribution >= 0.6 is 0 Å². The number of rotatable bonds is 2. The van der Waals surface area contributed by atoms with E-state index in [4.69, 9.17) is 5.73 Å². The highest BCUT2D eigenvalue weighted by molar-refractivity contribution is 5.73. The molecule has 20 heavy (non-hydrogen) atoms. The molecule has 1 atom stereocenters. The first-order valence-electron chi connectivity index (χ1n) is 6.53. The van der Waals surface area contributed by atoms with Crippen LogP contribution in [0.1, 0.15) is 19.2 Å². The maximum atomic E-state index is 5.82. The summed E-state index contributed by atoms with van der Waals surface area (Å²) in [5.74, 6) is 1.77. The normalized spacial score (nSPS) is 17.9. The molecule has 1 aliphatic heterocycles. The first-order chi connectivity index (χ1) is 9.74. The van der Waals surface area contributed by atoms with Gasteiger partial charge >= 0.3 is 0 Å². The largest absolute Gasteiger partial charge is 0.368 e. The van der Waals surface area contributed by atoms with Crippen molar-refractivity contribution in [2.75, 3.05) is 5.73 Å².